The fraction of sp³-hybridized carbons (Fsp3) is 0.318. The van der Waals surface area contributed by atoms with Crippen LogP contribution in [0.15, 0.2) is 48.5 Å². The second-order valence-corrected chi connectivity index (χ2v) is 7.89. The highest BCUT2D eigenvalue weighted by molar-refractivity contribution is 6.14. The van der Waals surface area contributed by atoms with E-state index in [2.05, 4.69) is 10.6 Å². The smallest absolute Gasteiger partial charge is 0.291 e. The molecule has 3 amide bonds. The number of nitrogens with one attached hydrogen (secondary N) is 2. The molecule has 2 aromatic rings. The maximum Gasteiger partial charge on any atom is 0.291 e. The van der Waals surface area contributed by atoms with Crippen molar-refractivity contribution in [2.24, 2.45) is 11.8 Å². The van der Waals surface area contributed by atoms with Crippen LogP contribution in [0.1, 0.15) is 23.6 Å². The van der Waals surface area contributed by atoms with Crippen molar-refractivity contribution in [1.29, 1.82) is 0 Å². The fourth-order valence-electron chi connectivity index (χ4n) is 5.35. The van der Waals surface area contributed by atoms with Gasteiger partial charge in [-0.3, -0.25) is 19.7 Å². The number of amides is 3. The number of para-hydroxylation sites is 1. The van der Waals surface area contributed by atoms with Gasteiger partial charge in [0, 0.05) is 12.0 Å². The first kappa shape index (κ1) is 17.1. The molecule has 3 aliphatic rings. The lowest BCUT2D eigenvalue weighted by Gasteiger charge is -2.24. The predicted octanol–water partition coefficient (Wildman–Crippen LogP) is 0.473. The average molecular weight is 376 g/mol. The molecular weight excluding hydrogens is 354 g/mol. The van der Waals surface area contributed by atoms with Gasteiger partial charge < -0.3 is 10.6 Å². The number of hydrogen-bond acceptors (Lipinski definition) is 3. The normalized spacial score (nSPS) is 30.3. The number of imide groups is 1. The van der Waals surface area contributed by atoms with Crippen LogP contribution < -0.4 is 16.0 Å². The van der Waals surface area contributed by atoms with Gasteiger partial charge in [-0.1, -0.05) is 55.5 Å². The minimum absolute atomic E-state index is 0.180. The summed E-state index contributed by atoms with van der Waals surface area (Å²) >= 11 is 0. The van der Waals surface area contributed by atoms with Crippen LogP contribution in [0, 0.1) is 11.8 Å². The molecule has 0 unspecified atom stereocenters. The van der Waals surface area contributed by atoms with Crippen molar-refractivity contribution >= 4 is 23.4 Å². The van der Waals surface area contributed by atoms with E-state index in [-0.39, 0.29) is 23.8 Å². The topological polar surface area (TPSA) is 91.9 Å². The lowest BCUT2D eigenvalue weighted by molar-refractivity contribution is -0.733. The van der Waals surface area contributed by atoms with Crippen molar-refractivity contribution in [3.63, 3.8) is 0 Å². The van der Waals surface area contributed by atoms with Crippen LogP contribution >= 0.6 is 0 Å². The number of benzene rings is 2. The van der Waals surface area contributed by atoms with Gasteiger partial charge in [0.2, 0.25) is 17.4 Å². The first-order valence-electron chi connectivity index (χ1n) is 9.74. The van der Waals surface area contributed by atoms with E-state index in [1.807, 2.05) is 60.8 Å². The van der Waals surface area contributed by atoms with E-state index in [1.54, 1.807) is 0 Å². The molecule has 2 fully saturated rings. The second-order valence-electron chi connectivity index (χ2n) is 7.89. The zero-order valence-electron chi connectivity index (χ0n) is 15.6. The number of carbonyl (C=O) groups excluding carboxylic acids is 3. The van der Waals surface area contributed by atoms with Crippen LogP contribution in [0.3, 0.4) is 0 Å². The Morgan fingerprint density at radius 1 is 0.964 bits per heavy atom. The summed E-state index contributed by atoms with van der Waals surface area (Å²) in [6, 6.07) is 15.6. The van der Waals surface area contributed by atoms with Crippen LogP contribution in [-0.2, 0) is 32.8 Å². The van der Waals surface area contributed by atoms with Crippen LogP contribution in [-0.4, -0.2) is 23.8 Å². The molecule has 2 aromatic carbocycles. The van der Waals surface area contributed by atoms with Gasteiger partial charge in [0.1, 0.15) is 17.9 Å². The number of carbonyl (C=O) groups is 3. The summed E-state index contributed by atoms with van der Waals surface area (Å²) in [4.78, 5) is 38.8. The molecule has 142 valence electrons. The highest BCUT2D eigenvalue weighted by Crippen LogP contribution is 2.48. The number of fused-ring (bicyclic) bond motifs is 4. The number of rotatable bonds is 3. The van der Waals surface area contributed by atoms with Crippen molar-refractivity contribution in [3.05, 3.63) is 65.2 Å². The molecule has 6 heteroatoms. The number of quaternary nitrogens is 1. The predicted molar refractivity (Wildman–Crippen MR) is 102 cm³/mol. The molecule has 5 rings (SSSR count). The summed E-state index contributed by atoms with van der Waals surface area (Å²) in [5.41, 5.74) is 2.68. The molecule has 4 atom stereocenters. The van der Waals surface area contributed by atoms with Crippen LogP contribution in [0.4, 0.5) is 5.69 Å². The molecule has 0 aromatic heterocycles. The standard InChI is InChI=1S/C22H21N3O3/c1-2-13-9-6-10-14-18(13)23-21(28)22(14)17-16(19(26)24-20(17)27)15(25-22)11-12-7-4-3-5-8-12/h3-10,15-17,25H,2,11H2,1H3,(H,23,28)(H,24,26,27)/p+1/t15-,16+,17-,22+/m0/s1. The quantitative estimate of drug-likeness (QED) is 0.680. The molecular formula is C22H22N3O3+. The lowest BCUT2D eigenvalue weighted by atomic mass is 9.76. The van der Waals surface area contributed by atoms with Crippen LogP contribution in [0.2, 0.25) is 0 Å². The Morgan fingerprint density at radius 2 is 1.75 bits per heavy atom. The Labute approximate surface area is 162 Å². The Kier molecular flexibility index (Phi) is 3.67. The molecule has 3 aliphatic heterocycles. The molecule has 0 radical (unpaired) electrons. The molecule has 1 spiro atoms. The molecule has 0 aliphatic carbocycles. The Bertz CT molecular complexity index is 1000. The van der Waals surface area contributed by atoms with E-state index in [0.717, 1.165) is 28.8 Å². The van der Waals surface area contributed by atoms with Gasteiger partial charge in [0.15, 0.2) is 0 Å². The van der Waals surface area contributed by atoms with E-state index in [9.17, 15) is 14.4 Å². The average Bonchev–Trinajstić information content (AvgIpc) is 3.29. The zero-order valence-corrected chi connectivity index (χ0v) is 15.6. The highest BCUT2D eigenvalue weighted by atomic mass is 16.2. The minimum Gasteiger partial charge on any atom is -0.326 e. The number of nitrogens with two attached hydrogens (primary N) is 1. The Balaban J connectivity index is 1.64. The van der Waals surface area contributed by atoms with Gasteiger partial charge in [-0.25, -0.2) is 0 Å². The van der Waals surface area contributed by atoms with Gasteiger partial charge in [0.25, 0.3) is 5.91 Å². The molecule has 2 saturated heterocycles. The van der Waals surface area contributed by atoms with Crippen LogP contribution in [0.5, 0.6) is 0 Å². The van der Waals surface area contributed by atoms with Gasteiger partial charge in [-0.2, -0.15) is 0 Å². The van der Waals surface area contributed by atoms with Crippen molar-refractivity contribution in [2.75, 3.05) is 5.32 Å². The molecule has 3 heterocycles. The Morgan fingerprint density at radius 3 is 2.50 bits per heavy atom. The SMILES string of the molecule is CCc1cccc2c1NC(=O)[C@@]21[NH2+][C@@H](Cc2ccccc2)[C@H]2C(=O)NC(=O)[C@H]21. The zero-order chi connectivity index (χ0) is 19.5. The molecule has 0 saturated carbocycles. The summed E-state index contributed by atoms with van der Waals surface area (Å²) in [6.45, 7) is 2.04. The number of aryl methyl sites for hydroxylation is 1. The van der Waals surface area contributed by atoms with Crippen LogP contribution in [0.25, 0.3) is 0 Å². The molecule has 4 N–H and O–H groups in total. The van der Waals surface area contributed by atoms with E-state index in [4.69, 9.17) is 0 Å². The Hall–Kier alpha value is -2.99. The molecule has 0 bridgehead atoms. The van der Waals surface area contributed by atoms with Crippen molar-refractivity contribution in [2.45, 2.75) is 31.3 Å². The second kappa shape index (κ2) is 6.01. The van der Waals surface area contributed by atoms with Crippen molar-refractivity contribution in [1.82, 2.24) is 5.32 Å². The summed E-state index contributed by atoms with van der Waals surface area (Å²) in [6.07, 6.45) is 1.41. The van der Waals surface area contributed by atoms with E-state index in [0.29, 0.717) is 6.42 Å². The largest absolute Gasteiger partial charge is 0.326 e. The maximum atomic E-state index is 13.3. The first-order valence-corrected chi connectivity index (χ1v) is 9.74. The number of anilines is 1. The lowest BCUT2D eigenvalue weighted by Crippen LogP contribution is -2.99. The van der Waals surface area contributed by atoms with Gasteiger partial charge in [-0.15, -0.1) is 0 Å². The van der Waals surface area contributed by atoms with E-state index < -0.39 is 17.4 Å². The summed E-state index contributed by atoms with van der Waals surface area (Å²) in [7, 11) is 0. The summed E-state index contributed by atoms with van der Waals surface area (Å²) in [5, 5.41) is 7.49. The molecule has 28 heavy (non-hydrogen) atoms. The number of hydrogen-bond donors (Lipinski definition) is 3. The maximum absolute atomic E-state index is 13.3. The fourth-order valence-corrected chi connectivity index (χ4v) is 5.35. The molecule has 6 nitrogen and oxygen atoms in total. The van der Waals surface area contributed by atoms with E-state index in [1.165, 1.54) is 0 Å². The third-order valence-electron chi connectivity index (χ3n) is 6.53. The third-order valence-corrected chi connectivity index (χ3v) is 6.53. The van der Waals surface area contributed by atoms with Gasteiger partial charge >= 0.3 is 0 Å². The summed E-state index contributed by atoms with van der Waals surface area (Å²) in [5.74, 6) is -2.01. The van der Waals surface area contributed by atoms with Gasteiger partial charge in [0.05, 0.1) is 5.69 Å². The summed E-state index contributed by atoms with van der Waals surface area (Å²) < 4.78 is 0. The van der Waals surface area contributed by atoms with Crippen molar-refractivity contribution in [3.8, 4) is 0 Å². The van der Waals surface area contributed by atoms with E-state index >= 15 is 0 Å². The van der Waals surface area contributed by atoms with Gasteiger partial charge in [-0.05, 0) is 17.5 Å². The monoisotopic (exact) mass is 376 g/mol. The first-order chi connectivity index (χ1) is 13.6. The van der Waals surface area contributed by atoms with Crippen molar-refractivity contribution < 1.29 is 19.7 Å². The highest BCUT2D eigenvalue weighted by Gasteiger charge is 2.72. The minimum atomic E-state index is -1.08. The third kappa shape index (κ3) is 2.15.